The van der Waals surface area contributed by atoms with E-state index >= 15 is 0 Å². The molecule has 4 aliphatic carbocycles. The minimum Gasteiger partial charge on any atom is -0.333 e. The summed E-state index contributed by atoms with van der Waals surface area (Å²) < 4.78 is 0. The topological polar surface area (TPSA) is 44.4 Å². The lowest BCUT2D eigenvalue weighted by Crippen LogP contribution is -2.62. The highest BCUT2D eigenvalue weighted by molar-refractivity contribution is 5.75. The fourth-order valence-electron chi connectivity index (χ4n) is 5.94. The lowest BCUT2D eigenvalue weighted by Gasteiger charge is -2.57. The molecule has 2 N–H and O–H groups in total. The lowest BCUT2D eigenvalue weighted by molar-refractivity contribution is -0.0161. The van der Waals surface area contributed by atoms with Crippen LogP contribution in [0, 0.1) is 17.8 Å². The number of nitrogens with one attached hydrogen (secondary N) is 2. The van der Waals surface area contributed by atoms with Gasteiger partial charge in [-0.3, -0.25) is 0 Å². The van der Waals surface area contributed by atoms with Gasteiger partial charge in [0, 0.05) is 18.6 Å². The highest BCUT2D eigenvalue weighted by atomic mass is 16.2. The zero-order valence-corrected chi connectivity index (χ0v) is 13.2. The Labute approximate surface area is 128 Å². The van der Waals surface area contributed by atoms with Crippen LogP contribution >= 0.6 is 0 Å². The lowest BCUT2D eigenvalue weighted by atomic mass is 9.53. The minimum absolute atomic E-state index is 0.146. The summed E-state index contributed by atoms with van der Waals surface area (Å²) in [5, 5.41) is 6.86. The summed E-state index contributed by atoms with van der Waals surface area (Å²) in [7, 11) is 1.99. The van der Waals surface area contributed by atoms with E-state index in [1.807, 2.05) is 11.9 Å². The number of nitrogens with zero attached hydrogens (tertiary/aromatic N) is 1. The second-order valence-corrected chi connectivity index (χ2v) is 8.22. The van der Waals surface area contributed by atoms with Gasteiger partial charge in [-0.1, -0.05) is 0 Å². The summed E-state index contributed by atoms with van der Waals surface area (Å²) in [5.41, 5.74) is 0.146. The second kappa shape index (κ2) is 5.15. The molecule has 4 saturated carbocycles. The van der Waals surface area contributed by atoms with Gasteiger partial charge in [-0.25, -0.2) is 4.79 Å². The Morgan fingerprint density at radius 2 is 1.57 bits per heavy atom. The molecule has 1 aliphatic heterocycles. The molecule has 5 fully saturated rings. The first-order chi connectivity index (χ1) is 10.1. The summed E-state index contributed by atoms with van der Waals surface area (Å²) >= 11 is 0. The van der Waals surface area contributed by atoms with Crippen LogP contribution in [0.4, 0.5) is 4.79 Å². The van der Waals surface area contributed by atoms with Gasteiger partial charge in [-0.2, -0.15) is 0 Å². The van der Waals surface area contributed by atoms with E-state index in [9.17, 15) is 4.79 Å². The summed E-state index contributed by atoms with van der Waals surface area (Å²) in [6.07, 6.45) is 10.2. The molecule has 1 saturated heterocycles. The van der Waals surface area contributed by atoms with Gasteiger partial charge >= 0.3 is 6.03 Å². The third-order valence-electron chi connectivity index (χ3n) is 6.59. The maximum atomic E-state index is 12.7. The highest BCUT2D eigenvalue weighted by Gasteiger charge is 2.51. The van der Waals surface area contributed by atoms with Gasteiger partial charge in [0.05, 0.1) is 0 Å². The first-order valence-electron chi connectivity index (χ1n) is 8.89. The van der Waals surface area contributed by atoms with Crippen molar-refractivity contribution in [2.24, 2.45) is 17.8 Å². The van der Waals surface area contributed by atoms with Crippen molar-refractivity contribution in [2.75, 3.05) is 20.1 Å². The van der Waals surface area contributed by atoms with Gasteiger partial charge < -0.3 is 15.5 Å². The number of amides is 2. The van der Waals surface area contributed by atoms with E-state index in [2.05, 4.69) is 10.6 Å². The number of carbonyl (C=O) groups is 1. The van der Waals surface area contributed by atoms with E-state index in [-0.39, 0.29) is 11.6 Å². The third kappa shape index (κ3) is 2.56. The molecule has 0 radical (unpaired) electrons. The van der Waals surface area contributed by atoms with Crippen LogP contribution in [0.3, 0.4) is 0 Å². The van der Waals surface area contributed by atoms with Gasteiger partial charge in [0.25, 0.3) is 0 Å². The van der Waals surface area contributed by atoms with E-state index in [0.717, 1.165) is 43.7 Å². The van der Waals surface area contributed by atoms with Crippen LogP contribution in [0.5, 0.6) is 0 Å². The fraction of sp³-hybridized carbons (Fsp3) is 0.941. The first kappa shape index (κ1) is 13.9. The Hall–Kier alpha value is -0.770. The van der Waals surface area contributed by atoms with Crippen molar-refractivity contribution in [2.45, 2.75) is 62.9 Å². The molecule has 0 unspecified atom stereocenters. The van der Waals surface area contributed by atoms with Crippen molar-refractivity contribution in [3.63, 3.8) is 0 Å². The monoisotopic (exact) mass is 291 g/mol. The quantitative estimate of drug-likeness (QED) is 0.820. The van der Waals surface area contributed by atoms with Gasteiger partial charge in [0.15, 0.2) is 0 Å². The molecule has 0 aromatic heterocycles. The number of carbonyl (C=O) groups excluding carboxylic acids is 1. The van der Waals surface area contributed by atoms with E-state index in [1.165, 1.54) is 38.5 Å². The molecule has 5 rings (SSSR count). The fourth-order valence-corrected chi connectivity index (χ4v) is 5.94. The Balaban J connectivity index is 1.42. The zero-order chi connectivity index (χ0) is 14.4. The largest absolute Gasteiger partial charge is 0.333 e. The molecule has 4 nitrogen and oxygen atoms in total. The molecule has 2 amide bonds. The van der Waals surface area contributed by atoms with Gasteiger partial charge in [0.1, 0.15) is 0 Å². The second-order valence-electron chi connectivity index (χ2n) is 8.22. The average Bonchev–Trinajstić information content (AvgIpc) is 2.45. The molecule has 118 valence electrons. The van der Waals surface area contributed by atoms with Crippen LogP contribution in [-0.4, -0.2) is 42.6 Å². The number of hydrogen-bond acceptors (Lipinski definition) is 2. The standard InChI is InChI=1S/C17H29N3O/c1-20(15-2-4-18-5-3-15)16(21)19-17-9-12-6-13(10-17)8-14(7-12)11-17/h12-15,18H,2-11H2,1H3,(H,19,21). The molecule has 1 heterocycles. The van der Waals surface area contributed by atoms with E-state index in [0.29, 0.717) is 6.04 Å². The van der Waals surface area contributed by atoms with Crippen LogP contribution in [-0.2, 0) is 0 Å². The molecular formula is C17H29N3O. The SMILES string of the molecule is CN(C(=O)NC12CC3CC(CC(C3)C1)C2)C1CCNCC1. The maximum Gasteiger partial charge on any atom is 0.317 e. The van der Waals surface area contributed by atoms with Crippen LogP contribution in [0.15, 0.2) is 0 Å². The van der Waals surface area contributed by atoms with Crippen LogP contribution in [0.25, 0.3) is 0 Å². The summed E-state index contributed by atoms with van der Waals surface area (Å²) in [6.45, 7) is 2.08. The molecule has 0 spiro atoms. The highest BCUT2D eigenvalue weighted by Crippen LogP contribution is 2.55. The van der Waals surface area contributed by atoms with Crippen molar-refractivity contribution in [1.29, 1.82) is 0 Å². The van der Waals surface area contributed by atoms with E-state index in [1.54, 1.807) is 0 Å². The Bertz CT molecular complexity index is 381. The van der Waals surface area contributed by atoms with Crippen molar-refractivity contribution >= 4 is 6.03 Å². The Morgan fingerprint density at radius 3 is 2.10 bits per heavy atom. The molecule has 21 heavy (non-hydrogen) atoms. The van der Waals surface area contributed by atoms with Crippen LogP contribution in [0.2, 0.25) is 0 Å². The van der Waals surface area contributed by atoms with Crippen molar-refractivity contribution in [3.05, 3.63) is 0 Å². The average molecular weight is 291 g/mol. The molecule has 0 aromatic rings. The van der Waals surface area contributed by atoms with Crippen LogP contribution < -0.4 is 10.6 Å². The summed E-state index contributed by atoms with van der Waals surface area (Å²) in [6, 6.07) is 0.601. The van der Waals surface area contributed by atoms with Gasteiger partial charge in [0.2, 0.25) is 0 Å². The first-order valence-corrected chi connectivity index (χ1v) is 8.89. The van der Waals surface area contributed by atoms with Crippen molar-refractivity contribution in [3.8, 4) is 0 Å². The van der Waals surface area contributed by atoms with E-state index < -0.39 is 0 Å². The molecule has 5 aliphatic rings. The van der Waals surface area contributed by atoms with E-state index in [4.69, 9.17) is 0 Å². The predicted octanol–water partition coefficient (Wildman–Crippen LogP) is 2.35. The maximum absolute atomic E-state index is 12.7. The summed E-state index contributed by atoms with van der Waals surface area (Å²) in [4.78, 5) is 14.7. The molecular weight excluding hydrogens is 262 g/mol. The van der Waals surface area contributed by atoms with Gasteiger partial charge in [-0.05, 0) is 82.2 Å². The molecule has 4 heteroatoms. The predicted molar refractivity (Wildman–Crippen MR) is 83.1 cm³/mol. The van der Waals surface area contributed by atoms with Crippen LogP contribution in [0.1, 0.15) is 51.4 Å². The van der Waals surface area contributed by atoms with Crippen molar-refractivity contribution in [1.82, 2.24) is 15.5 Å². The number of urea groups is 1. The molecule has 0 atom stereocenters. The normalized spacial score (nSPS) is 42.0. The molecule has 4 bridgehead atoms. The smallest absolute Gasteiger partial charge is 0.317 e. The molecule has 0 aromatic carbocycles. The summed E-state index contributed by atoms with van der Waals surface area (Å²) in [5.74, 6) is 2.67. The van der Waals surface area contributed by atoms with Crippen molar-refractivity contribution < 1.29 is 4.79 Å². The number of piperidine rings is 1. The minimum atomic E-state index is 0.146. The number of rotatable bonds is 2. The third-order valence-corrected chi connectivity index (χ3v) is 6.59. The zero-order valence-electron chi connectivity index (χ0n) is 13.2. The Kier molecular flexibility index (Phi) is 3.40. The van der Waals surface area contributed by atoms with Gasteiger partial charge in [-0.15, -0.1) is 0 Å². The Morgan fingerprint density at radius 1 is 1.05 bits per heavy atom. The number of hydrogen-bond donors (Lipinski definition) is 2.